The second-order valence-electron chi connectivity index (χ2n) is 6.06. The van der Waals surface area contributed by atoms with Gasteiger partial charge in [-0.2, -0.15) is 13.2 Å². The van der Waals surface area contributed by atoms with Crippen LogP contribution in [0, 0.1) is 0 Å². The Morgan fingerprint density at radius 3 is 2.44 bits per heavy atom. The summed E-state index contributed by atoms with van der Waals surface area (Å²) in [7, 11) is 0. The first-order valence-corrected chi connectivity index (χ1v) is 8.18. The van der Waals surface area contributed by atoms with E-state index < -0.39 is 23.1 Å². The van der Waals surface area contributed by atoms with Gasteiger partial charge < -0.3 is 14.7 Å². The Kier molecular flexibility index (Phi) is 5.18. The number of hydrogen-bond acceptors (Lipinski definition) is 4. The largest absolute Gasteiger partial charge is 0.507 e. The molecular formula is C19H16F3NO4. The summed E-state index contributed by atoms with van der Waals surface area (Å²) in [6, 6.07) is 8.07. The Morgan fingerprint density at radius 2 is 1.81 bits per heavy atom. The molecule has 0 spiro atoms. The fraction of sp³-hybridized carbons (Fsp3) is 0.263. The van der Waals surface area contributed by atoms with Crippen molar-refractivity contribution in [1.82, 2.24) is 4.90 Å². The van der Waals surface area contributed by atoms with E-state index in [2.05, 4.69) is 0 Å². The Labute approximate surface area is 153 Å². The number of carbonyl (C=O) groups is 2. The van der Waals surface area contributed by atoms with Crippen molar-refractivity contribution in [1.29, 1.82) is 0 Å². The molecule has 8 heteroatoms. The Hall–Kier alpha value is -2.87. The third-order valence-corrected chi connectivity index (χ3v) is 4.31. The van der Waals surface area contributed by atoms with Gasteiger partial charge in [-0.3, -0.25) is 9.59 Å². The van der Waals surface area contributed by atoms with E-state index in [1.807, 2.05) is 0 Å². The molecule has 0 aromatic heterocycles. The molecule has 0 atom stereocenters. The predicted octanol–water partition coefficient (Wildman–Crippen LogP) is 3.36. The zero-order valence-corrected chi connectivity index (χ0v) is 14.1. The van der Waals surface area contributed by atoms with Gasteiger partial charge in [-0.15, -0.1) is 0 Å². The fourth-order valence-electron chi connectivity index (χ4n) is 2.91. The van der Waals surface area contributed by atoms with Crippen LogP contribution < -0.4 is 0 Å². The molecule has 2 aromatic rings. The minimum atomic E-state index is -4.82. The lowest BCUT2D eigenvalue weighted by molar-refractivity contribution is -0.138. The van der Waals surface area contributed by atoms with Gasteiger partial charge in [-0.1, -0.05) is 12.1 Å². The molecule has 0 aliphatic carbocycles. The smallest absolute Gasteiger partial charge is 0.420 e. The minimum Gasteiger partial charge on any atom is -0.507 e. The molecule has 27 heavy (non-hydrogen) atoms. The van der Waals surface area contributed by atoms with E-state index in [4.69, 9.17) is 4.74 Å². The number of phenolic OH excluding ortho intramolecular Hbond substituents is 1. The second kappa shape index (κ2) is 7.40. The molecule has 0 bridgehead atoms. The zero-order chi connectivity index (χ0) is 19.6. The van der Waals surface area contributed by atoms with E-state index >= 15 is 0 Å². The maximum Gasteiger partial charge on any atom is 0.420 e. The van der Waals surface area contributed by atoms with Gasteiger partial charge in [0.15, 0.2) is 6.29 Å². The van der Waals surface area contributed by atoms with Gasteiger partial charge >= 0.3 is 6.18 Å². The highest BCUT2D eigenvalue weighted by Gasteiger charge is 2.35. The van der Waals surface area contributed by atoms with Crippen molar-refractivity contribution in [3.05, 3.63) is 53.1 Å². The van der Waals surface area contributed by atoms with Crippen LogP contribution in [0.5, 0.6) is 5.75 Å². The lowest BCUT2D eigenvalue weighted by Gasteiger charge is -2.27. The van der Waals surface area contributed by atoms with E-state index in [1.165, 1.54) is 12.1 Å². The highest BCUT2D eigenvalue weighted by molar-refractivity contribution is 5.96. The molecule has 1 amide bonds. The van der Waals surface area contributed by atoms with Crippen LogP contribution in [0.1, 0.15) is 26.3 Å². The van der Waals surface area contributed by atoms with Crippen molar-refractivity contribution in [3.8, 4) is 16.9 Å². The summed E-state index contributed by atoms with van der Waals surface area (Å²) in [5.74, 6) is -1.35. The molecule has 0 radical (unpaired) electrons. The monoisotopic (exact) mass is 379 g/mol. The topological polar surface area (TPSA) is 66.8 Å². The molecule has 1 heterocycles. The Morgan fingerprint density at radius 1 is 1.11 bits per heavy atom. The van der Waals surface area contributed by atoms with Crippen molar-refractivity contribution in [2.24, 2.45) is 0 Å². The van der Waals surface area contributed by atoms with Gasteiger partial charge in [0.25, 0.3) is 5.91 Å². The highest BCUT2D eigenvalue weighted by Crippen LogP contribution is 2.40. The number of phenols is 1. The standard InChI is InChI=1S/C19H16F3NO4/c20-19(21,22)16-10-14(9-15(11-24)17(16)25)12-2-1-3-13(8-12)18(26)23-4-6-27-7-5-23/h1-3,8-11,25H,4-7H2. The average Bonchev–Trinajstić information content (AvgIpc) is 2.67. The molecule has 3 rings (SSSR count). The summed E-state index contributed by atoms with van der Waals surface area (Å²) in [5, 5.41) is 9.68. The minimum absolute atomic E-state index is 0.0823. The van der Waals surface area contributed by atoms with Crippen LogP contribution in [0.15, 0.2) is 36.4 Å². The summed E-state index contributed by atoms with van der Waals surface area (Å²) in [5.41, 5.74) is -1.03. The maximum atomic E-state index is 13.2. The van der Waals surface area contributed by atoms with Crippen molar-refractivity contribution < 1.29 is 32.6 Å². The number of amides is 1. The first kappa shape index (κ1) is 18.9. The lowest BCUT2D eigenvalue weighted by atomic mass is 9.97. The molecule has 1 fully saturated rings. The van der Waals surface area contributed by atoms with Gasteiger partial charge in [0, 0.05) is 18.7 Å². The van der Waals surface area contributed by atoms with Gasteiger partial charge in [-0.25, -0.2) is 0 Å². The predicted molar refractivity (Wildman–Crippen MR) is 90.7 cm³/mol. The lowest BCUT2D eigenvalue weighted by Crippen LogP contribution is -2.40. The Balaban J connectivity index is 2.02. The number of aromatic hydroxyl groups is 1. The number of aldehydes is 1. The summed E-state index contributed by atoms with van der Waals surface area (Å²) >= 11 is 0. The summed E-state index contributed by atoms with van der Waals surface area (Å²) < 4.78 is 44.7. The van der Waals surface area contributed by atoms with E-state index in [-0.39, 0.29) is 17.8 Å². The van der Waals surface area contributed by atoms with Crippen molar-refractivity contribution in [2.75, 3.05) is 26.3 Å². The van der Waals surface area contributed by atoms with E-state index in [0.717, 1.165) is 12.1 Å². The summed E-state index contributed by atoms with van der Waals surface area (Å²) in [6.45, 7) is 1.74. The van der Waals surface area contributed by atoms with Gasteiger partial charge in [0.05, 0.1) is 24.3 Å². The van der Waals surface area contributed by atoms with Crippen molar-refractivity contribution in [2.45, 2.75) is 6.18 Å². The van der Waals surface area contributed by atoms with Crippen LogP contribution in [0.4, 0.5) is 13.2 Å². The molecule has 0 unspecified atom stereocenters. The van der Waals surface area contributed by atoms with Crippen LogP contribution >= 0.6 is 0 Å². The fourth-order valence-corrected chi connectivity index (χ4v) is 2.91. The molecule has 1 N–H and O–H groups in total. The van der Waals surface area contributed by atoms with Gasteiger partial charge in [-0.05, 0) is 35.4 Å². The average molecular weight is 379 g/mol. The summed E-state index contributed by atoms with van der Waals surface area (Å²) in [4.78, 5) is 25.3. The van der Waals surface area contributed by atoms with E-state index in [9.17, 15) is 27.9 Å². The number of benzene rings is 2. The molecule has 1 saturated heterocycles. The van der Waals surface area contributed by atoms with Crippen LogP contribution in [0.3, 0.4) is 0 Å². The second-order valence-corrected chi connectivity index (χ2v) is 6.06. The first-order valence-electron chi connectivity index (χ1n) is 8.18. The zero-order valence-electron chi connectivity index (χ0n) is 14.1. The number of hydrogen-bond donors (Lipinski definition) is 1. The third-order valence-electron chi connectivity index (χ3n) is 4.31. The number of rotatable bonds is 3. The molecule has 5 nitrogen and oxygen atoms in total. The molecule has 1 aliphatic rings. The highest BCUT2D eigenvalue weighted by atomic mass is 19.4. The van der Waals surface area contributed by atoms with E-state index in [1.54, 1.807) is 17.0 Å². The van der Waals surface area contributed by atoms with Crippen LogP contribution in [-0.2, 0) is 10.9 Å². The number of ether oxygens (including phenoxy) is 1. The molecule has 1 aliphatic heterocycles. The number of morpholine rings is 1. The summed E-state index contributed by atoms with van der Waals surface area (Å²) in [6.07, 6.45) is -4.66. The van der Waals surface area contributed by atoms with Crippen LogP contribution in [0.2, 0.25) is 0 Å². The van der Waals surface area contributed by atoms with Crippen LogP contribution in [0.25, 0.3) is 11.1 Å². The van der Waals surface area contributed by atoms with Gasteiger partial charge in [0.2, 0.25) is 0 Å². The Bertz CT molecular complexity index is 874. The molecule has 2 aromatic carbocycles. The third kappa shape index (κ3) is 3.95. The SMILES string of the molecule is O=Cc1cc(-c2cccc(C(=O)N3CCOCC3)c2)cc(C(F)(F)F)c1O. The number of halogens is 3. The van der Waals surface area contributed by atoms with Crippen LogP contribution in [-0.4, -0.2) is 48.5 Å². The molecular weight excluding hydrogens is 363 g/mol. The molecule has 142 valence electrons. The number of alkyl halides is 3. The van der Waals surface area contributed by atoms with Gasteiger partial charge in [0.1, 0.15) is 5.75 Å². The number of carbonyl (C=O) groups excluding carboxylic acids is 2. The van der Waals surface area contributed by atoms with Crippen molar-refractivity contribution >= 4 is 12.2 Å². The molecule has 0 saturated carbocycles. The van der Waals surface area contributed by atoms with Crippen molar-refractivity contribution in [3.63, 3.8) is 0 Å². The van der Waals surface area contributed by atoms with E-state index in [0.29, 0.717) is 37.4 Å². The normalized spacial score (nSPS) is 14.9. The quantitative estimate of drug-likeness (QED) is 0.831. The number of nitrogens with zero attached hydrogens (tertiary/aromatic N) is 1. The maximum absolute atomic E-state index is 13.2. The first-order chi connectivity index (χ1) is 12.8.